The van der Waals surface area contributed by atoms with E-state index in [4.69, 9.17) is 0 Å². The predicted molar refractivity (Wildman–Crippen MR) is 82.8 cm³/mol. The molecular formula is C14H9BrF2N4S. The van der Waals surface area contributed by atoms with Crippen LogP contribution in [0.3, 0.4) is 0 Å². The number of rotatable bonds is 4. The lowest BCUT2D eigenvalue weighted by Crippen LogP contribution is -1.99. The summed E-state index contributed by atoms with van der Waals surface area (Å²) >= 11 is 4.70. The molecule has 112 valence electrons. The van der Waals surface area contributed by atoms with Gasteiger partial charge in [-0.2, -0.15) is 4.68 Å². The second-order valence-electron chi connectivity index (χ2n) is 4.38. The molecule has 0 N–H and O–H groups in total. The molecule has 3 aromatic rings. The number of hydrogen-bond donors (Lipinski definition) is 0. The van der Waals surface area contributed by atoms with E-state index in [9.17, 15) is 8.78 Å². The van der Waals surface area contributed by atoms with Gasteiger partial charge in [0.1, 0.15) is 11.6 Å². The van der Waals surface area contributed by atoms with E-state index in [1.165, 1.54) is 40.7 Å². The fourth-order valence-electron chi connectivity index (χ4n) is 1.82. The second-order valence-corrected chi connectivity index (χ2v) is 6.17. The smallest absolute Gasteiger partial charge is 0.207 e. The Labute approximate surface area is 137 Å². The second kappa shape index (κ2) is 6.53. The van der Waals surface area contributed by atoms with Crippen LogP contribution in [0.25, 0.3) is 5.69 Å². The molecular weight excluding hydrogens is 374 g/mol. The number of benzene rings is 2. The van der Waals surface area contributed by atoms with Crippen molar-refractivity contribution in [1.29, 1.82) is 0 Å². The summed E-state index contributed by atoms with van der Waals surface area (Å²) in [5, 5.41) is 12.0. The van der Waals surface area contributed by atoms with Gasteiger partial charge in [0.2, 0.25) is 5.16 Å². The quantitative estimate of drug-likeness (QED) is 0.639. The fraction of sp³-hybridized carbons (Fsp3) is 0.0714. The SMILES string of the molecule is Fc1cccc(-n2nnnc2SCc2ccc(F)cc2Br)c1. The van der Waals surface area contributed by atoms with Crippen molar-refractivity contribution in [3.8, 4) is 5.69 Å². The van der Waals surface area contributed by atoms with Crippen molar-refractivity contribution in [2.75, 3.05) is 0 Å². The van der Waals surface area contributed by atoms with Gasteiger partial charge in [-0.25, -0.2) is 8.78 Å². The molecule has 22 heavy (non-hydrogen) atoms. The monoisotopic (exact) mass is 382 g/mol. The van der Waals surface area contributed by atoms with E-state index in [-0.39, 0.29) is 11.6 Å². The number of halogens is 3. The maximum atomic E-state index is 13.3. The molecule has 0 bridgehead atoms. The zero-order chi connectivity index (χ0) is 15.5. The van der Waals surface area contributed by atoms with Crippen LogP contribution >= 0.6 is 27.7 Å². The Balaban J connectivity index is 1.81. The van der Waals surface area contributed by atoms with Gasteiger partial charge >= 0.3 is 0 Å². The van der Waals surface area contributed by atoms with Gasteiger partial charge in [0, 0.05) is 10.2 Å². The average Bonchev–Trinajstić information content (AvgIpc) is 2.95. The van der Waals surface area contributed by atoms with E-state index in [0.717, 1.165) is 5.56 Å². The summed E-state index contributed by atoms with van der Waals surface area (Å²) in [5.74, 6) is -0.105. The number of hydrogen-bond acceptors (Lipinski definition) is 4. The lowest BCUT2D eigenvalue weighted by atomic mass is 10.2. The maximum absolute atomic E-state index is 13.3. The molecule has 2 aromatic carbocycles. The van der Waals surface area contributed by atoms with Crippen LogP contribution in [0.2, 0.25) is 0 Å². The third-order valence-electron chi connectivity index (χ3n) is 2.87. The van der Waals surface area contributed by atoms with Crippen molar-refractivity contribution in [2.24, 2.45) is 0 Å². The van der Waals surface area contributed by atoms with Gasteiger partial charge in [-0.05, 0) is 46.3 Å². The molecule has 0 atom stereocenters. The summed E-state index contributed by atoms with van der Waals surface area (Å²) in [5.41, 5.74) is 1.46. The topological polar surface area (TPSA) is 43.6 Å². The van der Waals surface area contributed by atoms with Crippen LogP contribution in [0.4, 0.5) is 8.78 Å². The number of thioether (sulfide) groups is 1. The van der Waals surface area contributed by atoms with E-state index in [1.807, 2.05) is 0 Å². The van der Waals surface area contributed by atoms with Gasteiger partial charge in [-0.1, -0.05) is 39.8 Å². The van der Waals surface area contributed by atoms with E-state index in [1.54, 1.807) is 18.2 Å². The summed E-state index contributed by atoms with van der Waals surface area (Å²) in [7, 11) is 0. The largest absolute Gasteiger partial charge is 0.214 e. The van der Waals surface area contributed by atoms with Crippen molar-refractivity contribution in [3.05, 3.63) is 64.1 Å². The van der Waals surface area contributed by atoms with Crippen molar-refractivity contribution in [3.63, 3.8) is 0 Å². The molecule has 0 saturated carbocycles. The number of tetrazole rings is 1. The number of nitrogens with zero attached hydrogens (tertiary/aromatic N) is 4. The van der Waals surface area contributed by atoms with Crippen molar-refractivity contribution >= 4 is 27.7 Å². The Hall–Kier alpha value is -1.80. The Morgan fingerprint density at radius 2 is 1.91 bits per heavy atom. The standard InChI is InChI=1S/C14H9BrF2N4S/c15-13-7-11(17)5-4-9(13)8-22-14-18-19-20-21(14)12-3-1-2-10(16)6-12/h1-7H,8H2. The summed E-state index contributed by atoms with van der Waals surface area (Å²) in [6.45, 7) is 0. The van der Waals surface area contributed by atoms with Crippen LogP contribution in [-0.4, -0.2) is 20.2 Å². The zero-order valence-corrected chi connectivity index (χ0v) is 13.5. The fourth-order valence-corrected chi connectivity index (χ4v) is 3.39. The Bertz CT molecular complexity index is 809. The van der Waals surface area contributed by atoms with E-state index in [2.05, 4.69) is 31.5 Å². The molecule has 0 aliphatic carbocycles. The molecule has 0 unspecified atom stereocenters. The summed E-state index contributed by atoms with van der Waals surface area (Å²) < 4.78 is 28.5. The van der Waals surface area contributed by atoms with Crippen molar-refractivity contribution < 1.29 is 8.78 Å². The van der Waals surface area contributed by atoms with E-state index >= 15 is 0 Å². The minimum Gasteiger partial charge on any atom is -0.207 e. The first-order valence-corrected chi connectivity index (χ1v) is 8.02. The van der Waals surface area contributed by atoms with Gasteiger partial charge in [0.05, 0.1) is 5.69 Å². The molecule has 4 nitrogen and oxygen atoms in total. The Kier molecular flexibility index (Phi) is 4.49. The first-order valence-electron chi connectivity index (χ1n) is 6.24. The Morgan fingerprint density at radius 1 is 1.09 bits per heavy atom. The highest BCUT2D eigenvalue weighted by Crippen LogP contribution is 2.27. The minimum absolute atomic E-state index is 0.301. The third kappa shape index (κ3) is 3.33. The van der Waals surface area contributed by atoms with Crippen LogP contribution in [0.5, 0.6) is 0 Å². The van der Waals surface area contributed by atoms with Crippen LogP contribution < -0.4 is 0 Å². The third-order valence-corrected chi connectivity index (χ3v) is 4.57. The van der Waals surface area contributed by atoms with E-state index in [0.29, 0.717) is 21.1 Å². The van der Waals surface area contributed by atoms with Gasteiger partial charge < -0.3 is 0 Å². The summed E-state index contributed by atoms with van der Waals surface area (Å²) in [4.78, 5) is 0. The van der Waals surface area contributed by atoms with Gasteiger partial charge in [-0.15, -0.1) is 5.10 Å². The summed E-state index contributed by atoms with van der Waals surface area (Å²) in [6, 6.07) is 10.5. The molecule has 1 heterocycles. The normalized spacial score (nSPS) is 10.9. The first kappa shape index (κ1) is 15.1. The maximum Gasteiger partial charge on any atom is 0.214 e. The predicted octanol–water partition coefficient (Wildman–Crippen LogP) is 4.00. The van der Waals surface area contributed by atoms with E-state index < -0.39 is 0 Å². The molecule has 0 amide bonds. The van der Waals surface area contributed by atoms with Gasteiger partial charge in [0.25, 0.3) is 0 Å². The van der Waals surface area contributed by atoms with Crippen LogP contribution in [0.1, 0.15) is 5.56 Å². The molecule has 1 aromatic heterocycles. The molecule has 0 saturated heterocycles. The molecule has 3 rings (SSSR count). The highest BCUT2D eigenvalue weighted by molar-refractivity contribution is 9.10. The lowest BCUT2D eigenvalue weighted by Gasteiger charge is -2.06. The zero-order valence-electron chi connectivity index (χ0n) is 11.1. The van der Waals surface area contributed by atoms with Gasteiger partial charge in [0.15, 0.2) is 0 Å². The van der Waals surface area contributed by atoms with Crippen LogP contribution in [0.15, 0.2) is 52.1 Å². The molecule has 8 heteroatoms. The minimum atomic E-state index is -0.356. The molecule has 0 spiro atoms. The first-order chi connectivity index (χ1) is 10.6. The number of aromatic nitrogens is 4. The average molecular weight is 383 g/mol. The molecule has 0 aliphatic rings. The highest BCUT2D eigenvalue weighted by atomic mass is 79.9. The van der Waals surface area contributed by atoms with Crippen LogP contribution in [0, 0.1) is 11.6 Å². The lowest BCUT2D eigenvalue weighted by molar-refractivity contribution is 0.623. The molecule has 0 fully saturated rings. The summed E-state index contributed by atoms with van der Waals surface area (Å²) in [6.07, 6.45) is 0. The molecule has 0 aliphatic heterocycles. The Morgan fingerprint density at radius 3 is 2.68 bits per heavy atom. The molecule has 0 radical (unpaired) electrons. The van der Waals surface area contributed by atoms with Crippen LogP contribution in [-0.2, 0) is 5.75 Å². The van der Waals surface area contributed by atoms with Crippen molar-refractivity contribution in [1.82, 2.24) is 20.2 Å². The van der Waals surface area contributed by atoms with Gasteiger partial charge in [-0.3, -0.25) is 0 Å². The highest BCUT2D eigenvalue weighted by Gasteiger charge is 2.11. The van der Waals surface area contributed by atoms with Crippen molar-refractivity contribution in [2.45, 2.75) is 10.9 Å².